The summed E-state index contributed by atoms with van der Waals surface area (Å²) in [4.78, 5) is 12.3. The van der Waals surface area contributed by atoms with Gasteiger partial charge in [0.2, 0.25) is 0 Å². The minimum Gasteiger partial charge on any atom is -0.372 e. The van der Waals surface area contributed by atoms with E-state index < -0.39 is 12.3 Å². The summed E-state index contributed by atoms with van der Waals surface area (Å²) >= 11 is 1.12. The molecule has 2 N–H and O–H groups in total. The summed E-state index contributed by atoms with van der Waals surface area (Å²) < 4.78 is 27.1. The first-order valence-corrected chi connectivity index (χ1v) is 7.36. The van der Waals surface area contributed by atoms with Gasteiger partial charge in [0.05, 0.1) is 16.8 Å². The number of carbonyl (C=O) groups is 1. The van der Waals surface area contributed by atoms with E-state index in [0.717, 1.165) is 16.9 Å². The van der Waals surface area contributed by atoms with Crippen molar-refractivity contribution in [1.29, 1.82) is 0 Å². The first-order chi connectivity index (χ1) is 10.6. The molecule has 0 atom stereocenters. The maximum Gasteiger partial charge on any atom is 0.274 e. The summed E-state index contributed by atoms with van der Waals surface area (Å²) in [6.07, 6.45) is -2.63. The standard InChI is InChI=1S/C14H12F2N4OS/c1-17-12-5-3-8-2-4-11(20(8)19-12)14(21)18-10-7-22-6-9(10)13(15)16/h2-7,13H,1H3,(H,17,19)(H,18,21). The Morgan fingerprint density at radius 1 is 1.27 bits per heavy atom. The predicted molar refractivity (Wildman–Crippen MR) is 82.0 cm³/mol. The molecular weight excluding hydrogens is 310 g/mol. The summed E-state index contributed by atoms with van der Waals surface area (Å²) in [5.41, 5.74) is 0.967. The molecule has 3 heterocycles. The number of nitrogens with one attached hydrogen (secondary N) is 2. The zero-order valence-corrected chi connectivity index (χ0v) is 12.3. The molecular formula is C14H12F2N4OS. The Morgan fingerprint density at radius 3 is 2.77 bits per heavy atom. The van der Waals surface area contributed by atoms with E-state index in [1.54, 1.807) is 25.2 Å². The molecule has 0 saturated heterocycles. The maximum absolute atomic E-state index is 12.8. The molecule has 5 nitrogen and oxygen atoms in total. The Labute approximate surface area is 128 Å². The van der Waals surface area contributed by atoms with Crippen LogP contribution in [0.1, 0.15) is 22.5 Å². The Bertz CT molecular complexity index is 827. The Balaban J connectivity index is 1.93. The van der Waals surface area contributed by atoms with E-state index in [4.69, 9.17) is 0 Å². The van der Waals surface area contributed by atoms with E-state index >= 15 is 0 Å². The highest BCUT2D eigenvalue weighted by molar-refractivity contribution is 7.08. The number of carbonyl (C=O) groups excluding carboxylic acids is 1. The van der Waals surface area contributed by atoms with Crippen LogP contribution in [0, 0.1) is 0 Å². The van der Waals surface area contributed by atoms with Crippen LogP contribution in [0.3, 0.4) is 0 Å². The number of fused-ring (bicyclic) bond motifs is 1. The second kappa shape index (κ2) is 5.72. The topological polar surface area (TPSA) is 58.4 Å². The molecule has 22 heavy (non-hydrogen) atoms. The van der Waals surface area contributed by atoms with Gasteiger partial charge < -0.3 is 10.6 Å². The molecule has 0 radical (unpaired) electrons. The number of halogens is 2. The zero-order valence-electron chi connectivity index (χ0n) is 11.5. The molecule has 0 unspecified atom stereocenters. The second-order valence-electron chi connectivity index (χ2n) is 4.52. The number of rotatable bonds is 4. The van der Waals surface area contributed by atoms with Gasteiger partial charge in [0.1, 0.15) is 11.5 Å². The molecule has 0 aromatic carbocycles. The first kappa shape index (κ1) is 14.5. The highest BCUT2D eigenvalue weighted by Gasteiger charge is 2.18. The third-order valence-corrected chi connectivity index (χ3v) is 3.93. The normalized spacial score (nSPS) is 11.1. The van der Waals surface area contributed by atoms with Gasteiger partial charge in [-0.1, -0.05) is 0 Å². The molecule has 3 aromatic rings. The first-order valence-electron chi connectivity index (χ1n) is 6.42. The van der Waals surface area contributed by atoms with Crippen molar-refractivity contribution >= 4 is 34.3 Å². The maximum atomic E-state index is 12.8. The summed E-state index contributed by atoms with van der Waals surface area (Å²) in [6.45, 7) is 0. The molecule has 0 spiro atoms. The van der Waals surface area contributed by atoms with Gasteiger partial charge in [-0.25, -0.2) is 13.3 Å². The van der Waals surface area contributed by atoms with E-state index in [1.807, 2.05) is 6.07 Å². The number of hydrogen-bond donors (Lipinski definition) is 2. The Kier molecular flexibility index (Phi) is 3.76. The van der Waals surface area contributed by atoms with Gasteiger partial charge in [0.25, 0.3) is 12.3 Å². The Hall–Kier alpha value is -2.48. The monoisotopic (exact) mass is 322 g/mol. The zero-order chi connectivity index (χ0) is 15.7. The number of anilines is 2. The van der Waals surface area contributed by atoms with Crippen molar-refractivity contribution < 1.29 is 13.6 Å². The quantitative estimate of drug-likeness (QED) is 0.771. The minimum absolute atomic E-state index is 0.129. The molecule has 1 amide bonds. The van der Waals surface area contributed by atoms with Crippen LogP contribution >= 0.6 is 11.3 Å². The molecule has 3 rings (SSSR count). The SMILES string of the molecule is CNc1ccc2ccc(C(=O)Nc3cscc3C(F)F)n2n1. The van der Waals surface area contributed by atoms with Crippen LogP contribution in [-0.2, 0) is 0 Å². The lowest BCUT2D eigenvalue weighted by Gasteiger charge is -2.07. The van der Waals surface area contributed by atoms with Gasteiger partial charge >= 0.3 is 0 Å². The van der Waals surface area contributed by atoms with Crippen molar-refractivity contribution in [1.82, 2.24) is 9.61 Å². The van der Waals surface area contributed by atoms with Crippen LogP contribution in [0.4, 0.5) is 20.3 Å². The number of thiophene rings is 1. The molecule has 114 valence electrons. The van der Waals surface area contributed by atoms with Crippen LogP contribution in [0.2, 0.25) is 0 Å². The fraction of sp³-hybridized carbons (Fsp3) is 0.143. The molecule has 0 fully saturated rings. The van der Waals surface area contributed by atoms with Gasteiger partial charge in [-0.2, -0.15) is 0 Å². The van der Waals surface area contributed by atoms with Crippen LogP contribution in [0.15, 0.2) is 35.0 Å². The summed E-state index contributed by atoms with van der Waals surface area (Å²) in [7, 11) is 1.72. The largest absolute Gasteiger partial charge is 0.372 e. The fourth-order valence-corrected chi connectivity index (χ4v) is 2.83. The predicted octanol–water partition coefficient (Wildman–Crippen LogP) is 3.63. The van der Waals surface area contributed by atoms with Crippen LogP contribution in [0.5, 0.6) is 0 Å². The molecule has 0 saturated carbocycles. The average Bonchev–Trinajstić information content (AvgIpc) is 3.12. The lowest BCUT2D eigenvalue weighted by Crippen LogP contribution is -2.16. The third kappa shape index (κ3) is 2.52. The van der Waals surface area contributed by atoms with E-state index in [2.05, 4.69) is 15.7 Å². The molecule has 3 aromatic heterocycles. The van der Waals surface area contributed by atoms with Crippen molar-refractivity contribution in [3.8, 4) is 0 Å². The van der Waals surface area contributed by atoms with Crippen molar-refractivity contribution in [2.75, 3.05) is 17.7 Å². The highest BCUT2D eigenvalue weighted by atomic mass is 32.1. The van der Waals surface area contributed by atoms with Gasteiger partial charge in [-0.3, -0.25) is 4.79 Å². The molecule has 0 bridgehead atoms. The van der Waals surface area contributed by atoms with Crippen molar-refractivity contribution in [2.45, 2.75) is 6.43 Å². The molecule has 0 aliphatic heterocycles. The summed E-state index contributed by atoms with van der Waals surface area (Å²) in [5.74, 6) is 0.114. The Morgan fingerprint density at radius 2 is 2.05 bits per heavy atom. The highest BCUT2D eigenvalue weighted by Crippen LogP contribution is 2.30. The molecule has 0 aliphatic carbocycles. The smallest absolute Gasteiger partial charge is 0.274 e. The van der Waals surface area contributed by atoms with Crippen molar-refractivity contribution in [3.05, 3.63) is 46.3 Å². The van der Waals surface area contributed by atoms with Crippen LogP contribution in [0.25, 0.3) is 5.52 Å². The number of alkyl halides is 2. The van der Waals surface area contributed by atoms with Crippen molar-refractivity contribution in [3.63, 3.8) is 0 Å². The summed E-state index contributed by atoms with van der Waals surface area (Å²) in [5, 5.41) is 12.5. The summed E-state index contributed by atoms with van der Waals surface area (Å²) in [6, 6.07) is 6.93. The number of aromatic nitrogens is 2. The van der Waals surface area contributed by atoms with E-state index in [1.165, 1.54) is 15.3 Å². The third-order valence-electron chi connectivity index (χ3n) is 3.17. The van der Waals surface area contributed by atoms with E-state index in [0.29, 0.717) is 5.82 Å². The van der Waals surface area contributed by atoms with Gasteiger partial charge in [0.15, 0.2) is 0 Å². The minimum atomic E-state index is -2.63. The van der Waals surface area contributed by atoms with Crippen LogP contribution < -0.4 is 10.6 Å². The molecule has 0 aliphatic rings. The van der Waals surface area contributed by atoms with Crippen molar-refractivity contribution in [2.24, 2.45) is 0 Å². The number of nitrogens with zero attached hydrogens (tertiary/aromatic N) is 2. The second-order valence-corrected chi connectivity index (χ2v) is 5.26. The van der Waals surface area contributed by atoms with E-state index in [9.17, 15) is 13.6 Å². The lowest BCUT2D eigenvalue weighted by molar-refractivity contribution is 0.102. The van der Waals surface area contributed by atoms with Gasteiger partial charge in [-0.15, -0.1) is 16.4 Å². The number of amides is 1. The number of hydrogen-bond acceptors (Lipinski definition) is 4. The lowest BCUT2D eigenvalue weighted by atomic mass is 10.3. The van der Waals surface area contributed by atoms with E-state index in [-0.39, 0.29) is 16.9 Å². The molecule has 8 heteroatoms. The van der Waals surface area contributed by atoms with Gasteiger partial charge in [0, 0.05) is 17.8 Å². The fourth-order valence-electron chi connectivity index (χ4n) is 2.06. The average molecular weight is 322 g/mol. The van der Waals surface area contributed by atoms with Gasteiger partial charge in [-0.05, 0) is 24.3 Å². The van der Waals surface area contributed by atoms with Crippen LogP contribution in [-0.4, -0.2) is 22.6 Å².